The number of hydrogen-bond acceptors (Lipinski definition) is 3. The maximum atomic E-state index is 12.9. The van der Waals surface area contributed by atoms with Crippen molar-refractivity contribution in [1.82, 2.24) is 4.98 Å². The van der Waals surface area contributed by atoms with Gasteiger partial charge in [0.2, 0.25) is 0 Å². The molecule has 0 aliphatic heterocycles. The summed E-state index contributed by atoms with van der Waals surface area (Å²) >= 11 is 1.55. The number of nitrogens with two attached hydrogens (primary N) is 1. The van der Waals surface area contributed by atoms with Crippen molar-refractivity contribution in [2.24, 2.45) is 5.73 Å². The van der Waals surface area contributed by atoms with E-state index in [0.717, 1.165) is 22.7 Å². The number of thiazole rings is 1. The Balaban J connectivity index is 1.76. The highest BCUT2D eigenvalue weighted by atomic mass is 32.1. The van der Waals surface area contributed by atoms with Gasteiger partial charge >= 0.3 is 0 Å². The molecular formula is C17H15FN2S. The first-order valence-electron chi connectivity index (χ1n) is 6.73. The summed E-state index contributed by atoms with van der Waals surface area (Å²) in [5.74, 6) is -0.241. The Morgan fingerprint density at radius 1 is 1.05 bits per heavy atom. The molecule has 4 heteroatoms. The van der Waals surface area contributed by atoms with Gasteiger partial charge in [0.1, 0.15) is 10.8 Å². The van der Waals surface area contributed by atoms with Gasteiger partial charge in [-0.2, -0.15) is 0 Å². The standard InChI is InChI=1S/C17H15FN2S/c18-14-8-6-13(7-9-14)16-11-21-17(20-16)15(19)10-12-4-2-1-3-5-12/h1-9,11,15H,10,19H2. The summed E-state index contributed by atoms with van der Waals surface area (Å²) in [6.07, 6.45) is 0.761. The second-order valence-corrected chi connectivity index (χ2v) is 5.76. The third-order valence-corrected chi connectivity index (χ3v) is 4.25. The summed E-state index contributed by atoms with van der Waals surface area (Å²) < 4.78 is 12.9. The third kappa shape index (κ3) is 3.35. The highest BCUT2D eigenvalue weighted by Crippen LogP contribution is 2.26. The summed E-state index contributed by atoms with van der Waals surface area (Å²) in [6, 6.07) is 16.4. The van der Waals surface area contributed by atoms with Crippen LogP contribution < -0.4 is 5.73 Å². The number of halogens is 1. The van der Waals surface area contributed by atoms with E-state index >= 15 is 0 Å². The first kappa shape index (κ1) is 13.9. The van der Waals surface area contributed by atoms with E-state index in [1.165, 1.54) is 17.7 Å². The van der Waals surface area contributed by atoms with Crippen LogP contribution in [0, 0.1) is 5.82 Å². The van der Waals surface area contributed by atoms with Crippen LogP contribution in [0.1, 0.15) is 16.6 Å². The van der Waals surface area contributed by atoms with E-state index in [1.54, 1.807) is 23.5 Å². The second-order valence-electron chi connectivity index (χ2n) is 4.87. The van der Waals surface area contributed by atoms with Crippen molar-refractivity contribution in [2.75, 3.05) is 0 Å². The second kappa shape index (κ2) is 6.16. The predicted molar refractivity (Wildman–Crippen MR) is 84.6 cm³/mol. The summed E-state index contributed by atoms with van der Waals surface area (Å²) in [7, 11) is 0. The SMILES string of the molecule is NC(Cc1ccccc1)c1nc(-c2ccc(F)cc2)cs1. The van der Waals surface area contributed by atoms with Crippen molar-refractivity contribution in [3.63, 3.8) is 0 Å². The number of benzene rings is 2. The van der Waals surface area contributed by atoms with Gasteiger partial charge in [-0.05, 0) is 36.2 Å². The van der Waals surface area contributed by atoms with Gasteiger partial charge in [-0.25, -0.2) is 9.37 Å². The molecule has 1 atom stereocenters. The van der Waals surface area contributed by atoms with Crippen molar-refractivity contribution in [3.8, 4) is 11.3 Å². The van der Waals surface area contributed by atoms with Crippen LogP contribution in [-0.4, -0.2) is 4.98 Å². The van der Waals surface area contributed by atoms with Gasteiger partial charge in [-0.15, -0.1) is 11.3 Å². The lowest BCUT2D eigenvalue weighted by molar-refractivity contribution is 0.628. The van der Waals surface area contributed by atoms with Crippen LogP contribution in [0.4, 0.5) is 4.39 Å². The lowest BCUT2D eigenvalue weighted by atomic mass is 10.1. The van der Waals surface area contributed by atoms with Crippen LogP contribution in [0.15, 0.2) is 60.0 Å². The van der Waals surface area contributed by atoms with Crippen molar-refractivity contribution in [3.05, 3.63) is 76.4 Å². The van der Waals surface area contributed by atoms with Crippen molar-refractivity contribution in [2.45, 2.75) is 12.5 Å². The molecule has 0 amide bonds. The van der Waals surface area contributed by atoms with Crippen LogP contribution in [0.25, 0.3) is 11.3 Å². The van der Waals surface area contributed by atoms with E-state index in [1.807, 2.05) is 23.6 Å². The molecule has 3 rings (SSSR count). The summed E-state index contributed by atoms with van der Waals surface area (Å²) in [5.41, 5.74) is 9.18. The molecule has 1 aromatic heterocycles. The lowest BCUT2D eigenvalue weighted by Crippen LogP contribution is -2.12. The Morgan fingerprint density at radius 3 is 2.48 bits per heavy atom. The highest BCUT2D eigenvalue weighted by molar-refractivity contribution is 7.10. The topological polar surface area (TPSA) is 38.9 Å². The summed E-state index contributed by atoms with van der Waals surface area (Å²) in [5, 5.41) is 2.87. The third-order valence-electron chi connectivity index (χ3n) is 3.28. The quantitative estimate of drug-likeness (QED) is 0.784. The molecule has 0 bridgehead atoms. The molecule has 1 unspecified atom stereocenters. The monoisotopic (exact) mass is 298 g/mol. The van der Waals surface area contributed by atoms with E-state index < -0.39 is 0 Å². The molecule has 1 heterocycles. The molecule has 21 heavy (non-hydrogen) atoms. The van der Waals surface area contributed by atoms with E-state index in [4.69, 9.17) is 5.73 Å². The Kier molecular flexibility index (Phi) is 4.08. The molecule has 106 valence electrons. The summed E-state index contributed by atoms with van der Waals surface area (Å²) in [4.78, 5) is 4.58. The van der Waals surface area contributed by atoms with Crippen molar-refractivity contribution < 1.29 is 4.39 Å². The Morgan fingerprint density at radius 2 is 1.76 bits per heavy atom. The highest BCUT2D eigenvalue weighted by Gasteiger charge is 2.12. The van der Waals surface area contributed by atoms with Gasteiger partial charge < -0.3 is 5.73 Å². The minimum atomic E-state index is -0.241. The number of rotatable bonds is 4. The lowest BCUT2D eigenvalue weighted by Gasteiger charge is -2.08. The van der Waals surface area contributed by atoms with Crippen LogP contribution in [0.3, 0.4) is 0 Å². The molecule has 2 N–H and O–H groups in total. The van der Waals surface area contributed by atoms with Crippen LogP contribution >= 0.6 is 11.3 Å². The Bertz CT molecular complexity index is 707. The average Bonchev–Trinajstić information content (AvgIpc) is 2.99. The zero-order valence-electron chi connectivity index (χ0n) is 11.4. The molecule has 0 radical (unpaired) electrons. The minimum absolute atomic E-state index is 0.119. The smallest absolute Gasteiger partial charge is 0.123 e. The van der Waals surface area contributed by atoms with Crippen LogP contribution in [-0.2, 0) is 6.42 Å². The van der Waals surface area contributed by atoms with Gasteiger partial charge in [-0.3, -0.25) is 0 Å². The Labute approximate surface area is 127 Å². The van der Waals surface area contributed by atoms with Gasteiger partial charge in [0.25, 0.3) is 0 Å². The van der Waals surface area contributed by atoms with Gasteiger partial charge in [0.15, 0.2) is 0 Å². The zero-order valence-corrected chi connectivity index (χ0v) is 12.2. The number of nitrogens with zero attached hydrogens (tertiary/aromatic N) is 1. The van der Waals surface area contributed by atoms with Crippen LogP contribution in [0.5, 0.6) is 0 Å². The molecule has 2 nitrogen and oxygen atoms in total. The average molecular weight is 298 g/mol. The zero-order chi connectivity index (χ0) is 14.7. The normalized spacial score (nSPS) is 12.3. The first-order chi connectivity index (χ1) is 10.2. The van der Waals surface area contributed by atoms with E-state index in [-0.39, 0.29) is 11.9 Å². The van der Waals surface area contributed by atoms with Crippen LogP contribution in [0.2, 0.25) is 0 Å². The predicted octanol–water partition coefficient (Wildman–Crippen LogP) is 4.19. The largest absolute Gasteiger partial charge is 0.322 e. The van der Waals surface area contributed by atoms with E-state index in [2.05, 4.69) is 17.1 Å². The molecule has 3 aromatic rings. The van der Waals surface area contributed by atoms with Gasteiger partial charge in [0, 0.05) is 10.9 Å². The molecule has 0 fully saturated rings. The molecule has 0 spiro atoms. The van der Waals surface area contributed by atoms with Gasteiger partial charge in [0.05, 0.1) is 11.7 Å². The molecular weight excluding hydrogens is 283 g/mol. The fourth-order valence-electron chi connectivity index (χ4n) is 2.17. The minimum Gasteiger partial charge on any atom is -0.322 e. The molecule has 0 saturated heterocycles. The van der Waals surface area contributed by atoms with Crippen molar-refractivity contribution >= 4 is 11.3 Å². The fraction of sp³-hybridized carbons (Fsp3) is 0.118. The number of aromatic nitrogens is 1. The molecule has 0 aliphatic rings. The fourth-order valence-corrected chi connectivity index (χ4v) is 3.00. The van der Waals surface area contributed by atoms with Gasteiger partial charge in [-0.1, -0.05) is 30.3 Å². The maximum absolute atomic E-state index is 12.9. The molecule has 0 saturated carbocycles. The van der Waals surface area contributed by atoms with E-state index in [9.17, 15) is 4.39 Å². The Hall–Kier alpha value is -2.04. The molecule has 0 aliphatic carbocycles. The molecule has 2 aromatic carbocycles. The first-order valence-corrected chi connectivity index (χ1v) is 7.61. The number of hydrogen-bond donors (Lipinski definition) is 1. The summed E-state index contributed by atoms with van der Waals surface area (Å²) in [6.45, 7) is 0. The maximum Gasteiger partial charge on any atom is 0.123 e. The van der Waals surface area contributed by atoms with Crippen molar-refractivity contribution in [1.29, 1.82) is 0 Å². The van der Waals surface area contributed by atoms with E-state index in [0.29, 0.717) is 0 Å².